The highest BCUT2D eigenvalue weighted by atomic mass is 16.5. The molecule has 0 spiro atoms. The van der Waals surface area contributed by atoms with E-state index in [0.29, 0.717) is 25.1 Å². The van der Waals surface area contributed by atoms with E-state index < -0.39 is 0 Å². The number of ether oxygens (including phenoxy) is 1. The lowest BCUT2D eigenvalue weighted by Gasteiger charge is -2.36. The van der Waals surface area contributed by atoms with Crippen molar-refractivity contribution < 1.29 is 9.53 Å². The Labute approximate surface area is 141 Å². The fourth-order valence-corrected chi connectivity index (χ4v) is 3.11. The molecule has 1 aromatic carbocycles. The van der Waals surface area contributed by atoms with Crippen molar-refractivity contribution in [1.29, 1.82) is 0 Å². The topological polar surface area (TPSA) is 64.4 Å². The highest BCUT2D eigenvalue weighted by Gasteiger charge is 2.27. The van der Waals surface area contributed by atoms with Gasteiger partial charge in [0.05, 0.1) is 36.0 Å². The van der Waals surface area contributed by atoms with Crippen molar-refractivity contribution in [3.8, 4) is 0 Å². The van der Waals surface area contributed by atoms with Crippen LogP contribution < -0.4 is 5.56 Å². The fraction of sp³-hybridized carbons (Fsp3) is 0.500. The van der Waals surface area contributed by atoms with Crippen LogP contribution in [0.2, 0.25) is 0 Å². The van der Waals surface area contributed by atoms with Gasteiger partial charge in [-0.25, -0.2) is 4.98 Å². The van der Waals surface area contributed by atoms with E-state index in [1.54, 1.807) is 6.07 Å². The number of amides is 1. The molecule has 0 radical (unpaired) electrons. The van der Waals surface area contributed by atoms with E-state index in [-0.39, 0.29) is 30.0 Å². The smallest absolute Gasteiger partial charge is 0.261 e. The van der Waals surface area contributed by atoms with E-state index in [9.17, 15) is 9.59 Å². The first kappa shape index (κ1) is 16.6. The first-order valence-corrected chi connectivity index (χ1v) is 8.33. The highest BCUT2D eigenvalue weighted by Crippen LogP contribution is 2.14. The Morgan fingerprint density at radius 3 is 2.96 bits per heavy atom. The van der Waals surface area contributed by atoms with Gasteiger partial charge >= 0.3 is 0 Å². The van der Waals surface area contributed by atoms with Gasteiger partial charge in [-0.1, -0.05) is 12.1 Å². The second-order valence-electron chi connectivity index (χ2n) is 6.50. The third kappa shape index (κ3) is 3.19. The summed E-state index contributed by atoms with van der Waals surface area (Å²) in [5.41, 5.74) is 1.60. The van der Waals surface area contributed by atoms with E-state index in [1.165, 1.54) is 10.9 Å². The normalized spacial score (nSPS) is 21.2. The lowest BCUT2D eigenvalue weighted by atomic mass is 10.1. The van der Waals surface area contributed by atoms with E-state index in [1.807, 2.05) is 37.8 Å². The Hall–Kier alpha value is -2.21. The van der Waals surface area contributed by atoms with Gasteiger partial charge in [-0.15, -0.1) is 0 Å². The molecule has 6 heteroatoms. The summed E-state index contributed by atoms with van der Waals surface area (Å²) in [5, 5.41) is 0.596. The van der Waals surface area contributed by atoms with Gasteiger partial charge in [0.15, 0.2) is 0 Å². The molecule has 0 saturated carbocycles. The summed E-state index contributed by atoms with van der Waals surface area (Å²) < 4.78 is 7.07. The minimum absolute atomic E-state index is 0.0499. The maximum absolute atomic E-state index is 12.6. The number of rotatable bonds is 3. The fourth-order valence-electron chi connectivity index (χ4n) is 3.11. The van der Waals surface area contributed by atoms with Gasteiger partial charge < -0.3 is 9.64 Å². The van der Waals surface area contributed by atoms with Crippen molar-refractivity contribution >= 4 is 16.8 Å². The van der Waals surface area contributed by atoms with Crippen molar-refractivity contribution in [1.82, 2.24) is 14.5 Å². The van der Waals surface area contributed by atoms with Gasteiger partial charge in [0, 0.05) is 19.5 Å². The predicted octanol–water partition coefficient (Wildman–Crippen LogP) is 1.73. The SMILES string of the molecule is Cc1cccc2c(=O)n(CCC(=O)N3C[C@@H](C)OC[C@@H]3C)cnc12. The Kier molecular flexibility index (Phi) is 4.66. The van der Waals surface area contributed by atoms with Crippen molar-refractivity contribution in [2.45, 2.75) is 45.9 Å². The first-order valence-electron chi connectivity index (χ1n) is 8.33. The van der Waals surface area contributed by atoms with E-state index in [4.69, 9.17) is 4.74 Å². The molecule has 24 heavy (non-hydrogen) atoms. The molecule has 0 unspecified atom stereocenters. The molecule has 2 atom stereocenters. The Bertz CT molecular complexity index is 815. The van der Waals surface area contributed by atoms with Crippen LogP contribution in [0, 0.1) is 6.92 Å². The van der Waals surface area contributed by atoms with Crippen molar-refractivity contribution in [3.63, 3.8) is 0 Å². The summed E-state index contributed by atoms with van der Waals surface area (Å²) in [6, 6.07) is 5.64. The van der Waals surface area contributed by atoms with Crippen LogP contribution in [0.5, 0.6) is 0 Å². The molecule has 0 N–H and O–H groups in total. The molecule has 1 aliphatic rings. The molecule has 3 rings (SSSR count). The van der Waals surface area contributed by atoms with Crippen LogP contribution in [0.25, 0.3) is 10.9 Å². The van der Waals surface area contributed by atoms with Gasteiger partial charge in [0.1, 0.15) is 0 Å². The molecule has 1 saturated heterocycles. The zero-order valence-corrected chi connectivity index (χ0v) is 14.4. The number of hydrogen-bond acceptors (Lipinski definition) is 4. The van der Waals surface area contributed by atoms with Crippen LogP contribution in [-0.2, 0) is 16.1 Å². The van der Waals surface area contributed by atoms with Crippen LogP contribution in [0.3, 0.4) is 0 Å². The third-order valence-corrected chi connectivity index (χ3v) is 4.55. The quantitative estimate of drug-likeness (QED) is 0.860. The summed E-state index contributed by atoms with van der Waals surface area (Å²) in [5.74, 6) is 0.0499. The van der Waals surface area contributed by atoms with Crippen LogP contribution in [-0.4, -0.2) is 45.7 Å². The minimum atomic E-state index is -0.0973. The average molecular weight is 329 g/mol. The van der Waals surface area contributed by atoms with E-state index in [0.717, 1.165) is 11.1 Å². The maximum atomic E-state index is 12.6. The number of carbonyl (C=O) groups is 1. The molecular formula is C18H23N3O3. The highest BCUT2D eigenvalue weighted by molar-refractivity contribution is 5.80. The first-order chi connectivity index (χ1) is 11.5. The number of hydrogen-bond donors (Lipinski definition) is 0. The Morgan fingerprint density at radius 1 is 1.38 bits per heavy atom. The molecule has 128 valence electrons. The van der Waals surface area contributed by atoms with Crippen molar-refractivity contribution in [2.75, 3.05) is 13.2 Å². The van der Waals surface area contributed by atoms with Crippen LogP contribution >= 0.6 is 0 Å². The number of carbonyl (C=O) groups excluding carboxylic acids is 1. The molecular weight excluding hydrogens is 306 g/mol. The van der Waals surface area contributed by atoms with Crippen LogP contribution in [0.1, 0.15) is 25.8 Å². The summed E-state index contributed by atoms with van der Waals surface area (Å²) in [7, 11) is 0. The summed E-state index contributed by atoms with van der Waals surface area (Å²) in [6.07, 6.45) is 1.88. The molecule has 1 amide bonds. The Balaban J connectivity index is 1.75. The summed E-state index contributed by atoms with van der Waals surface area (Å²) in [4.78, 5) is 31.3. The number of aromatic nitrogens is 2. The molecule has 1 aromatic heterocycles. The van der Waals surface area contributed by atoms with Crippen LogP contribution in [0.15, 0.2) is 29.3 Å². The van der Waals surface area contributed by atoms with Crippen LogP contribution in [0.4, 0.5) is 0 Å². The lowest BCUT2D eigenvalue weighted by molar-refractivity contribution is -0.143. The van der Waals surface area contributed by atoms with Gasteiger partial charge in [-0.2, -0.15) is 0 Å². The number of aryl methyl sites for hydroxylation is 2. The van der Waals surface area contributed by atoms with Gasteiger partial charge in [0.25, 0.3) is 5.56 Å². The molecule has 6 nitrogen and oxygen atoms in total. The zero-order chi connectivity index (χ0) is 17.3. The minimum Gasteiger partial charge on any atom is -0.375 e. The predicted molar refractivity (Wildman–Crippen MR) is 91.9 cm³/mol. The van der Waals surface area contributed by atoms with Gasteiger partial charge in [0.2, 0.25) is 5.91 Å². The van der Waals surface area contributed by atoms with E-state index in [2.05, 4.69) is 4.98 Å². The molecule has 0 aliphatic carbocycles. The average Bonchev–Trinajstić information content (AvgIpc) is 2.57. The molecule has 1 aliphatic heterocycles. The lowest BCUT2D eigenvalue weighted by Crippen LogP contribution is -2.50. The monoisotopic (exact) mass is 329 g/mol. The second-order valence-corrected chi connectivity index (χ2v) is 6.50. The van der Waals surface area contributed by atoms with E-state index >= 15 is 0 Å². The largest absolute Gasteiger partial charge is 0.375 e. The number of morpholine rings is 1. The molecule has 0 bridgehead atoms. The third-order valence-electron chi connectivity index (χ3n) is 4.55. The van der Waals surface area contributed by atoms with Crippen molar-refractivity contribution in [2.24, 2.45) is 0 Å². The molecule has 2 aromatic rings. The number of nitrogens with zero attached hydrogens (tertiary/aromatic N) is 3. The molecule has 2 heterocycles. The van der Waals surface area contributed by atoms with Gasteiger partial charge in [-0.3, -0.25) is 14.2 Å². The molecule has 1 fully saturated rings. The second kappa shape index (κ2) is 6.73. The number of benzene rings is 1. The summed E-state index contributed by atoms with van der Waals surface area (Å²) >= 11 is 0. The van der Waals surface area contributed by atoms with Crippen molar-refractivity contribution in [3.05, 3.63) is 40.4 Å². The zero-order valence-electron chi connectivity index (χ0n) is 14.4. The van der Waals surface area contributed by atoms with Gasteiger partial charge in [-0.05, 0) is 32.4 Å². The standard InChI is InChI=1S/C18H23N3O3/c1-12-5-4-6-15-17(12)19-11-20(18(15)23)8-7-16(22)21-9-14(3)24-10-13(21)2/h4-6,11,13-14H,7-10H2,1-3H3/t13-,14+/m0/s1. The Morgan fingerprint density at radius 2 is 2.17 bits per heavy atom. The maximum Gasteiger partial charge on any atom is 0.261 e. The summed E-state index contributed by atoms with van der Waals surface area (Å²) in [6.45, 7) is 7.38. The number of fused-ring (bicyclic) bond motifs is 1. The number of para-hydroxylation sites is 1.